The highest BCUT2D eigenvalue weighted by Crippen LogP contribution is 2.32. The number of halogens is 4. The molecule has 12 heteroatoms. The molecule has 2 aromatic carbocycles. The van der Waals surface area contributed by atoms with Crippen LogP contribution in [0.3, 0.4) is 0 Å². The maximum atomic E-state index is 13.0. The van der Waals surface area contributed by atoms with Gasteiger partial charge in [0.05, 0.1) is 17.6 Å². The lowest BCUT2D eigenvalue weighted by atomic mass is 10.1. The summed E-state index contributed by atoms with van der Waals surface area (Å²) in [4.78, 5) is 21.2. The van der Waals surface area contributed by atoms with E-state index in [0.717, 1.165) is 35.3 Å². The number of aryl methyl sites for hydroxylation is 3. The number of anilines is 1. The van der Waals surface area contributed by atoms with Crippen LogP contribution in [0.4, 0.5) is 18.9 Å². The number of nitrogens with two attached hydrogens (primary N) is 1. The Kier molecular flexibility index (Phi) is 8.43. The van der Waals surface area contributed by atoms with Crippen molar-refractivity contribution in [1.29, 1.82) is 5.41 Å². The number of nitrogens with one attached hydrogen (secondary N) is 1. The SMILES string of the molecule is CN(C(=O)CN1CCC(N(Br)C(F)(F)F)CC1)c1ccc2c(c1)nc(CCc1ccc(C(=N)N)cc1)n2C. The Morgan fingerprint density at radius 1 is 1.16 bits per heavy atom. The molecule has 0 aliphatic carbocycles. The van der Waals surface area contributed by atoms with Crippen LogP contribution in [0.2, 0.25) is 0 Å². The largest absolute Gasteiger partial charge is 0.469 e. The molecule has 4 rings (SSSR count). The van der Waals surface area contributed by atoms with E-state index in [1.807, 2.05) is 59.0 Å². The van der Waals surface area contributed by atoms with Gasteiger partial charge in [-0.05, 0) is 43.0 Å². The summed E-state index contributed by atoms with van der Waals surface area (Å²) in [5.74, 6) is 0.839. The van der Waals surface area contributed by atoms with Crippen molar-refractivity contribution in [2.24, 2.45) is 12.8 Å². The van der Waals surface area contributed by atoms with Gasteiger partial charge in [0.1, 0.15) is 11.7 Å². The maximum absolute atomic E-state index is 13.0. The summed E-state index contributed by atoms with van der Waals surface area (Å²) in [5.41, 5.74) is 9.81. The third-order valence-corrected chi connectivity index (χ3v) is 8.08. The molecule has 0 saturated carbocycles. The summed E-state index contributed by atoms with van der Waals surface area (Å²) in [7, 11) is 3.67. The monoisotopic (exact) mass is 593 g/mol. The van der Waals surface area contributed by atoms with Crippen molar-refractivity contribution in [1.82, 2.24) is 18.4 Å². The van der Waals surface area contributed by atoms with Crippen LogP contribution in [0, 0.1) is 5.41 Å². The van der Waals surface area contributed by atoms with E-state index in [2.05, 4.69) is 16.1 Å². The average molecular weight is 594 g/mol. The Hall–Kier alpha value is -2.96. The van der Waals surface area contributed by atoms with E-state index < -0.39 is 12.3 Å². The van der Waals surface area contributed by atoms with E-state index in [9.17, 15) is 18.0 Å². The van der Waals surface area contributed by atoms with Crippen LogP contribution < -0.4 is 10.6 Å². The number of rotatable bonds is 8. The van der Waals surface area contributed by atoms with Crippen molar-refractivity contribution in [3.63, 3.8) is 0 Å². The number of imidazole rings is 1. The van der Waals surface area contributed by atoms with Crippen molar-refractivity contribution in [3.05, 3.63) is 59.4 Å². The van der Waals surface area contributed by atoms with E-state index in [1.54, 1.807) is 11.9 Å². The minimum atomic E-state index is -4.42. The van der Waals surface area contributed by atoms with Crippen molar-refractivity contribution >= 4 is 44.6 Å². The second-order valence-electron chi connectivity index (χ2n) is 9.61. The van der Waals surface area contributed by atoms with Gasteiger partial charge in [-0.1, -0.05) is 24.3 Å². The molecule has 38 heavy (non-hydrogen) atoms. The second-order valence-corrected chi connectivity index (χ2v) is 10.4. The number of amidine groups is 1. The number of nitrogens with zero attached hydrogens (tertiary/aromatic N) is 5. The van der Waals surface area contributed by atoms with Crippen molar-refractivity contribution in [3.8, 4) is 0 Å². The van der Waals surface area contributed by atoms with Crippen LogP contribution >= 0.6 is 16.1 Å². The molecule has 1 saturated heterocycles. The average Bonchev–Trinajstić information content (AvgIpc) is 3.21. The number of likely N-dealkylation sites (N-methyl/N-ethyl adjacent to an activating group) is 1. The van der Waals surface area contributed by atoms with Crippen LogP contribution in [0.15, 0.2) is 42.5 Å². The number of carbonyl (C=O) groups excluding carboxylic acids is 1. The number of hydrogen-bond acceptors (Lipinski definition) is 5. The van der Waals surface area contributed by atoms with Crippen molar-refractivity contribution in [2.75, 3.05) is 31.6 Å². The van der Waals surface area contributed by atoms with Crippen LogP contribution in [-0.2, 0) is 24.7 Å². The van der Waals surface area contributed by atoms with Crippen LogP contribution in [0.25, 0.3) is 11.0 Å². The number of alkyl halides is 3. The van der Waals surface area contributed by atoms with Gasteiger partial charge in [-0.2, -0.15) is 13.2 Å². The Morgan fingerprint density at radius 2 is 1.82 bits per heavy atom. The molecular weight excluding hydrogens is 563 g/mol. The van der Waals surface area contributed by atoms with Gasteiger partial charge in [0, 0.05) is 67.0 Å². The number of amides is 1. The van der Waals surface area contributed by atoms with E-state index in [4.69, 9.17) is 16.1 Å². The zero-order valence-electron chi connectivity index (χ0n) is 21.3. The molecule has 1 aliphatic heterocycles. The Balaban J connectivity index is 1.36. The van der Waals surface area contributed by atoms with Gasteiger partial charge in [0.2, 0.25) is 5.91 Å². The minimum absolute atomic E-state index is 0.0441. The number of fused-ring (bicyclic) bond motifs is 1. The zero-order chi connectivity index (χ0) is 27.6. The first-order chi connectivity index (χ1) is 17.9. The van der Waals surface area contributed by atoms with Gasteiger partial charge in [0.15, 0.2) is 0 Å². The predicted octanol–water partition coefficient (Wildman–Crippen LogP) is 4.20. The summed E-state index contributed by atoms with van der Waals surface area (Å²) in [6, 6.07) is 12.7. The first-order valence-electron chi connectivity index (χ1n) is 12.3. The quantitative estimate of drug-likeness (QED) is 0.177. The van der Waals surface area contributed by atoms with E-state index in [0.29, 0.717) is 37.2 Å². The third kappa shape index (κ3) is 6.36. The summed E-state index contributed by atoms with van der Waals surface area (Å²) < 4.78 is 41.1. The lowest BCUT2D eigenvalue weighted by Crippen LogP contribution is -2.48. The molecule has 0 spiro atoms. The Labute approximate surface area is 228 Å². The fourth-order valence-electron chi connectivity index (χ4n) is 4.73. The number of piperidine rings is 1. The van der Waals surface area contributed by atoms with Crippen molar-refractivity contribution in [2.45, 2.75) is 38.0 Å². The highest BCUT2D eigenvalue weighted by Gasteiger charge is 2.41. The summed E-state index contributed by atoms with van der Waals surface area (Å²) in [5, 5.41) is 7.51. The van der Waals surface area contributed by atoms with Gasteiger partial charge in [-0.3, -0.25) is 15.1 Å². The van der Waals surface area contributed by atoms with Crippen LogP contribution in [0.1, 0.15) is 29.8 Å². The molecular formula is C26H31BrF3N7O. The van der Waals surface area contributed by atoms with E-state index >= 15 is 0 Å². The molecule has 1 fully saturated rings. The van der Waals surface area contributed by atoms with Gasteiger partial charge in [-0.15, -0.1) is 3.93 Å². The van der Waals surface area contributed by atoms with Gasteiger partial charge in [-0.25, -0.2) is 4.98 Å². The number of benzene rings is 2. The first kappa shape index (κ1) is 28.1. The van der Waals surface area contributed by atoms with Crippen LogP contribution in [0.5, 0.6) is 0 Å². The number of aromatic nitrogens is 2. The molecule has 2 heterocycles. The second kappa shape index (κ2) is 11.4. The van der Waals surface area contributed by atoms with Gasteiger partial charge < -0.3 is 15.2 Å². The molecule has 8 nitrogen and oxygen atoms in total. The lowest BCUT2D eigenvalue weighted by molar-refractivity contribution is -0.217. The number of likely N-dealkylation sites (tertiary alicyclic amines) is 1. The van der Waals surface area contributed by atoms with E-state index in [1.165, 1.54) is 0 Å². The molecule has 0 unspecified atom stereocenters. The molecule has 3 N–H and O–H groups in total. The fraction of sp³-hybridized carbons (Fsp3) is 0.423. The summed E-state index contributed by atoms with van der Waals surface area (Å²) in [6.07, 6.45) is -2.26. The minimum Gasteiger partial charge on any atom is -0.384 e. The molecule has 1 aromatic heterocycles. The number of hydrogen-bond donors (Lipinski definition) is 2. The predicted molar refractivity (Wildman–Crippen MR) is 145 cm³/mol. The standard InChI is InChI=1S/C26H31BrF3N7O/c1-34(24(38)16-36-13-11-19(12-14-36)37(27)26(28,29)30)20-8-9-22-21(15-20)33-23(35(22)2)10-5-17-3-6-18(7-4-17)25(31)32/h3-4,6-9,15,19H,5,10-14,16H2,1-2H3,(H3,31,32). The highest BCUT2D eigenvalue weighted by molar-refractivity contribution is 9.07. The summed E-state index contributed by atoms with van der Waals surface area (Å²) in [6.45, 7) is 0.983. The lowest BCUT2D eigenvalue weighted by Gasteiger charge is -2.36. The molecule has 1 amide bonds. The maximum Gasteiger partial charge on any atom is 0.469 e. The topological polar surface area (TPSA) is 94.5 Å². The smallest absolute Gasteiger partial charge is 0.384 e. The fourth-order valence-corrected chi connectivity index (χ4v) is 5.14. The van der Waals surface area contributed by atoms with E-state index in [-0.39, 0.29) is 22.2 Å². The number of nitrogen functional groups attached to an aromatic ring is 1. The normalized spacial score (nSPS) is 15.3. The molecule has 0 atom stereocenters. The Morgan fingerprint density at radius 3 is 2.42 bits per heavy atom. The van der Waals surface area contributed by atoms with Crippen molar-refractivity contribution < 1.29 is 18.0 Å². The molecule has 0 radical (unpaired) electrons. The molecule has 1 aliphatic rings. The van der Waals surface area contributed by atoms with Gasteiger partial charge >= 0.3 is 6.30 Å². The molecule has 3 aromatic rings. The molecule has 0 bridgehead atoms. The highest BCUT2D eigenvalue weighted by atomic mass is 79.9. The van der Waals surface area contributed by atoms with Crippen LogP contribution in [-0.4, -0.2) is 69.1 Å². The third-order valence-electron chi connectivity index (χ3n) is 7.10. The number of carbonyl (C=O) groups is 1. The molecule has 204 valence electrons. The van der Waals surface area contributed by atoms with Gasteiger partial charge in [0.25, 0.3) is 0 Å². The Bertz CT molecular complexity index is 1300. The summed E-state index contributed by atoms with van der Waals surface area (Å²) >= 11 is 2.64. The first-order valence-corrected chi connectivity index (χ1v) is 13.0. The zero-order valence-corrected chi connectivity index (χ0v) is 22.9.